The van der Waals surface area contributed by atoms with E-state index in [-0.39, 0.29) is 17.8 Å². The van der Waals surface area contributed by atoms with E-state index in [0.717, 1.165) is 18.4 Å². The van der Waals surface area contributed by atoms with Crippen LogP contribution in [0.25, 0.3) is 22.6 Å². The fraction of sp³-hybridized carbons (Fsp3) is 0.400. The number of nitrogens with zero attached hydrogens (tertiary/aromatic N) is 3. The van der Waals surface area contributed by atoms with Crippen LogP contribution in [0.2, 0.25) is 0 Å². The molecule has 1 N–H and O–H groups in total. The second-order valence-electron chi connectivity index (χ2n) is 9.43. The Kier molecular flexibility index (Phi) is 4.71. The Hall–Kier alpha value is -3.06. The van der Waals surface area contributed by atoms with Crippen molar-refractivity contribution in [3.05, 3.63) is 58.7 Å². The van der Waals surface area contributed by atoms with Gasteiger partial charge in [0, 0.05) is 24.6 Å². The van der Waals surface area contributed by atoms with Crippen LogP contribution in [0.4, 0.5) is 4.39 Å². The fourth-order valence-electron chi connectivity index (χ4n) is 4.99. The standard InChI is InChI=1S/C25H26FN3O3/c1-13-17(23-28-27-14(2)32-23)10-11-19(21(13)26)18-7-5-6-16-12-29(24(30)20(16)18)22(15-8-9-15)25(3,4)31/h5-7,10-11,15,22,31H,8-9,12H2,1-4H3. The molecular formula is C25H26FN3O3. The average molecular weight is 435 g/mol. The third kappa shape index (κ3) is 3.32. The Morgan fingerprint density at radius 2 is 1.84 bits per heavy atom. The summed E-state index contributed by atoms with van der Waals surface area (Å²) in [4.78, 5) is 15.3. The summed E-state index contributed by atoms with van der Waals surface area (Å²) in [5, 5.41) is 18.6. The fourth-order valence-corrected chi connectivity index (χ4v) is 4.99. The SMILES string of the molecule is Cc1nnc(-c2ccc(-c3cccc4c3C(=O)N(C(C3CC3)C(C)(C)O)C4)c(F)c2C)o1. The van der Waals surface area contributed by atoms with Crippen molar-refractivity contribution < 1.29 is 18.7 Å². The van der Waals surface area contributed by atoms with Gasteiger partial charge in [0.15, 0.2) is 0 Å². The van der Waals surface area contributed by atoms with Crippen molar-refractivity contribution in [3.8, 4) is 22.6 Å². The average Bonchev–Trinajstić information content (AvgIpc) is 3.37. The number of halogens is 1. The molecule has 1 saturated carbocycles. The Morgan fingerprint density at radius 3 is 2.47 bits per heavy atom. The van der Waals surface area contributed by atoms with Crippen molar-refractivity contribution in [1.82, 2.24) is 15.1 Å². The molecule has 1 fully saturated rings. The Morgan fingerprint density at radius 1 is 1.12 bits per heavy atom. The summed E-state index contributed by atoms with van der Waals surface area (Å²) >= 11 is 0. The largest absolute Gasteiger partial charge is 0.421 e. The van der Waals surface area contributed by atoms with Crippen molar-refractivity contribution in [2.45, 2.75) is 58.7 Å². The quantitative estimate of drug-likeness (QED) is 0.630. The minimum atomic E-state index is -1.01. The van der Waals surface area contributed by atoms with Gasteiger partial charge in [0.25, 0.3) is 5.91 Å². The van der Waals surface area contributed by atoms with Crippen molar-refractivity contribution in [3.63, 3.8) is 0 Å². The summed E-state index contributed by atoms with van der Waals surface area (Å²) in [6.07, 6.45) is 2.01. The predicted molar refractivity (Wildman–Crippen MR) is 117 cm³/mol. The van der Waals surface area contributed by atoms with Crippen LogP contribution in [0.5, 0.6) is 0 Å². The maximum atomic E-state index is 15.6. The van der Waals surface area contributed by atoms with Gasteiger partial charge >= 0.3 is 0 Å². The van der Waals surface area contributed by atoms with Gasteiger partial charge in [-0.1, -0.05) is 24.3 Å². The van der Waals surface area contributed by atoms with Crippen LogP contribution < -0.4 is 0 Å². The molecule has 0 radical (unpaired) electrons. The van der Waals surface area contributed by atoms with Crippen LogP contribution in [-0.2, 0) is 6.54 Å². The molecule has 1 amide bonds. The first-order chi connectivity index (χ1) is 15.2. The third-order valence-electron chi connectivity index (χ3n) is 6.53. The van der Waals surface area contributed by atoms with Crippen LogP contribution in [0.3, 0.4) is 0 Å². The summed E-state index contributed by atoms with van der Waals surface area (Å²) in [7, 11) is 0. The van der Waals surface area contributed by atoms with E-state index in [1.807, 2.05) is 12.1 Å². The Bertz CT molecular complexity index is 1220. The number of hydrogen-bond donors (Lipinski definition) is 1. The lowest BCUT2D eigenvalue weighted by atomic mass is 9.92. The van der Waals surface area contributed by atoms with Gasteiger partial charge in [-0.05, 0) is 62.3 Å². The normalized spacial score (nSPS) is 17.1. The van der Waals surface area contributed by atoms with Crippen LogP contribution in [0.15, 0.2) is 34.7 Å². The highest BCUT2D eigenvalue weighted by molar-refractivity contribution is 6.05. The van der Waals surface area contributed by atoms with Gasteiger partial charge in [-0.3, -0.25) is 4.79 Å². The summed E-state index contributed by atoms with van der Waals surface area (Å²) < 4.78 is 21.0. The monoisotopic (exact) mass is 435 g/mol. The lowest BCUT2D eigenvalue weighted by molar-refractivity contribution is -0.0224. The summed E-state index contributed by atoms with van der Waals surface area (Å²) in [5.41, 5.74) is 2.21. The van der Waals surface area contributed by atoms with Crippen LogP contribution in [-0.4, -0.2) is 37.8 Å². The molecule has 7 heteroatoms. The zero-order valence-electron chi connectivity index (χ0n) is 18.6. The maximum absolute atomic E-state index is 15.6. The number of carbonyl (C=O) groups excluding carboxylic acids is 1. The molecular weight excluding hydrogens is 409 g/mol. The summed E-state index contributed by atoms with van der Waals surface area (Å²) in [5.74, 6) is 0.409. The number of fused-ring (bicyclic) bond motifs is 1. The van der Waals surface area contributed by atoms with E-state index in [9.17, 15) is 9.90 Å². The molecule has 2 heterocycles. The van der Waals surface area contributed by atoms with E-state index in [1.54, 1.807) is 50.8 Å². The molecule has 2 aliphatic rings. The van der Waals surface area contributed by atoms with E-state index in [1.165, 1.54) is 0 Å². The smallest absolute Gasteiger partial charge is 0.255 e. The van der Waals surface area contributed by atoms with E-state index in [4.69, 9.17) is 4.42 Å². The number of carbonyl (C=O) groups is 1. The lowest BCUT2D eigenvalue weighted by Gasteiger charge is -2.37. The number of amides is 1. The zero-order chi connectivity index (χ0) is 22.8. The molecule has 0 saturated heterocycles. The molecule has 1 aliphatic carbocycles. The second-order valence-corrected chi connectivity index (χ2v) is 9.43. The molecule has 0 bridgehead atoms. The molecule has 1 atom stereocenters. The minimum absolute atomic E-state index is 0.150. The highest BCUT2D eigenvalue weighted by atomic mass is 19.1. The third-order valence-corrected chi connectivity index (χ3v) is 6.53. The highest BCUT2D eigenvalue weighted by Crippen LogP contribution is 2.44. The van der Waals surface area contributed by atoms with Gasteiger partial charge in [0.2, 0.25) is 11.8 Å². The predicted octanol–water partition coefficient (Wildman–Crippen LogP) is 4.66. The number of benzene rings is 2. The molecule has 2 aromatic carbocycles. The Balaban J connectivity index is 1.57. The van der Waals surface area contributed by atoms with Crippen molar-refractivity contribution in [2.24, 2.45) is 5.92 Å². The molecule has 5 rings (SSSR count). The minimum Gasteiger partial charge on any atom is -0.421 e. The van der Waals surface area contributed by atoms with Crippen LogP contribution in [0, 0.1) is 25.6 Å². The molecule has 6 nitrogen and oxygen atoms in total. The van der Waals surface area contributed by atoms with E-state index in [0.29, 0.717) is 46.2 Å². The topological polar surface area (TPSA) is 79.5 Å². The van der Waals surface area contributed by atoms with Gasteiger partial charge in [0.1, 0.15) is 5.82 Å². The molecule has 32 heavy (non-hydrogen) atoms. The molecule has 3 aromatic rings. The van der Waals surface area contributed by atoms with E-state index in [2.05, 4.69) is 10.2 Å². The first-order valence-electron chi connectivity index (χ1n) is 10.9. The highest BCUT2D eigenvalue weighted by Gasteiger charge is 2.48. The Labute approximate surface area is 186 Å². The van der Waals surface area contributed by atoms with Gasteiger partial charge in [0.05, 0.1) is 17.2 Å². The number of hydrogen-bond acceptors (Lipinski definition) is 5. The molecule has 1 unspecified atom stereocenters. The van der Waals surface area contributed by atoms with Gasteiger partial charge in [-0.15, -0.1) is 10.2 Å². The van der Waals surface area contributed by atoms with Crippen molar-refractivity contribution in [1.29, 1.82) is 0 Å². The van der Waals surface area contributed by atoms with E-state index >= 15 is 4.39 Å². The van der Waals surface area contributed by atoms with Gasteiger partial charge in [-0.25, -0.2) is 4.39 Å². The number of aryl methyl sites for hydroxylation is 1. The second kappa shape index (κ2) is 7.24. The van der Waals surface area contributed by atoms with Gasteiger partial charge < -0.3 is 14.4 Å². The molecule has 1 aromatic heterocycles. The van der Waals surface area contributed by atoms with Crippen LogP contribution >= 0.6 is 0 Å². The maximum Gasteiger partial charge on any atom is 0.255 e. The molecule has 166 valence electrons. The molecule has 1 aliphatic heterocycles. The van der Waals surface area contributed by atoms with Crippen molar-refractivity contribution >= 4 is 5.91 Å². The first-order valence-corrected chi connectivity index (χ1v) is 10.9. The summed E-state index contributed by atoms with van der Waals surface area (Å²) in [6.45, 7) is 7.29. The lowest BCUT2D eigenvalue weighted by Crippen LogP contribution is -2.51. The summed E-state index contributed by atoms with van der Waals surface area (Å²) in [6, 6.07) is 8.70. The van der Waals surface area contributed by atoms with Crippen molar-refractivity contribution in [2.75, 3.05) is 0 Å². The van der Waals surface area contributed by atoms with E-state index < -0.39 is 11.4 Å². The van der Waals surface area contributed by atoms with Crippen LogP contribution in [0.1, 0.15) is 54.1 Å². The molecule has 0 spiro atoms. The van der Waals surface area contributed by atoms with Gasteiger partial charge in [-0.2, -0.15) is 0 Å². The zero-order valence-corrected chi connectivity index (χ0v) is 18.6. The number of rotatable bonds is 5. The first kappa shape index (κ1) is 20.8. The number of aliphatic hydroxyl groups is 1. The number of aromatic nitrogens is 2.